The summed E-state index contributed by atoms with van der Waals surface area (Å²) in [7, 11) is 1.74. The molecule has 1 heterocycles. The van der Waals surface area contributed by atoms with Gasteiger partial charge in [-0.05, 0) is 30.2 Å². The van der Waals surface area contributed by atoms with Gasteiger partial charge in [0.2, 0.25) is 5.91 Å². The normalized spacial score (nSPS) is 14.2. The topological polar surface area (TPSA) is 66.8 Å². The number of aliphatic hydroxyl groups is 1. The molecular formula is C14H17NO4. The molecule has 1 N–H and O–H groups in total. The van der Waals surface area contributed by atoms with E-state index in [0.717, 1.165) is 11.3 Å². The molecule has 1 aliphatic rings. The molecule has 0 bridgehead atoms. The molecule has 5 nitrogen and oxygen atoms in total. The Hall–Kier alpha value is -1.88. The fourth-order valence-electron chi connectivity index (χ4n) is 2.10. The summed E-state index contributed by atoms with van der Waals surface area (Å²) in [4.78, 5) is 24.9. The Kier molecular flexibility index (Phi) is 4.16. The number of nitrogens with zero attached hydrogens (tertiary/aromatic N) is 1. The zero-order valence-corrected chi connectivity index (χ0v) is 10.9. The van der Waals surface area contributed by atoms with Crippen LogP contribution < -0.4 is 4.90 Å². The molecule has 0 aliphatic carbocycles. The van der Waals surface area contributed by atoms with Crippen molar-refractivity contribution in [3.05, 3.63) is 29.3 Å². The molecule has 0 saturated carbocycles. The first-order chi connectivity index (χ1) is 9.13. The highest BCUT2D eigenvalue weighted by Gasteiger charge is 2.21. The summed E-state index contributed by atoms with van der Waals surface area (Å²) in [6.07, 6.45) is 1.55. The minimum absolute atomic E-state index is 0.00434. The van der Waals surface area contributed by atoms with Crippen LogP contribution in [0.2, 0.25) is 0 Å². The van der Waals surface area contributed by atoms with Gasteiger partial charge in [-0.3, -0.25) is 4.79 Å². The predicted octanol–water partition coefficient (Wildman–Crippen LogP) is 1.13. The van der Waals surface area contributed by atoms with Gasteiger partial charge in [0.1, 0.15) is 0 Å². The second kappa shape index (κ2) is 5.84. The minimum Gasteiger partial charge on any atom is -0.462 e. The zero-order valence-electron chi connectivity index (χ0n) is 10.9. The molecule has 102 valence electrons. The average molecular weight is 263 g/mol. The van der Waals surface area contributed by atoms with Gasteiger partial charge < -0.3 is 14.7 Å². The summed E-state index contributed by atoms with van der Waals surface area (Å²) in [5.74, 6) is -0.304. The number of ether oxygens (including phenoxy) is 1. The molecule has 0 aromatic heterocycles. The highest BCUT2D eigenvalue weighted by Crippen LogP contribution is 2.27. The molecule has 0 fully saturated rings. The second-order valence-corrected chi connectivity index (χ2v) is 4.51. The van der Waals surface area contributed by atoms with Crippen LogP contribution in [0.25, 0.3) is 0 Å². The monoisotopic (exact) mass is 263 g/mol. The van der Waals surface area contributed by atoms with E-state index in [9.17, 15) is 9.59 Å². The van der Waals surface area contributed by atoms with E-state index < -0.39 is 5.97 Å². The van der Waals surface area contributed by atoms with Crippen molar-refractivity contribution in [2.75, 3.05) is 25.2 Å². The van der Waals surface area contributed by atoms with Crippen molar-refractivity contribution in [1.29, 1.82) is 0 Å². The van der Waals surface area contributed by atoms with Crippen LogP contribution in [0.4, 0.5) is 5.69 Å². The molecule has 0 saturated heterocycles. The predicted molar refractivity (Wildman–Crippen MR) is 70.2 cm³/mol. The average Bonchev–Trinajstić information content (AvgIpc) is 2.43. The number of aliphatic hydroxyl groups excluding tert-OH is 1. The van der Waals surface area contributed by atoms with E-state index in [2.05, 4.69) is 0 Å². The Bertz CT molecular complexity index is 498. The summed E-state index contributed by atoms with van der Waals surface area (Å²) >= 11 is 0. The van der Waals surface area contributed by atoms with Crippen molar-refractivity contribution in [3.63, 3.8) is 0 Å². The van der Waals surface area contributed by atoms with E-state index in [1.165, 1.54) is 0 Å². The molecular weight excluding hydrogens is 246 g/mol. The second-order valence-electron chi connectivity index (χ2n) is 4.51. The first-order valence-electron chi connectivity index (χ1n) is 6.31. The molecule has 1 aliphatic heterocycles. The first-order valence-corrected chi connectivity index (χ1v) is 6.31. The van der Waals surface area contributed by atoms with Crippen LogP contribution in [-0.2, 0) is 16.0 Å². The van der Waals surface area contributed by atoms with Crippen LogP contribution in [0.15, 0.2) is 18.2 Å². The van der Waals surface area contributed by atoms with E-state index in [1.807, 2.05) is 0 Å². The number of benzene rings is 1. The van der Waals surface area contributed by atoms with E-state index in [4.69, 9.17) is 9.84 Å². The number of hydrogen-bond donors (Lipinski definition) is 1. The van der Waals surface area contributed by atoms with E-state index >= 15 is 0 Å². The summed E-state index contributed by atoms with van der Waals surface area (Å²) < 4.78 is 5.03. The van der Waals surface area contributed by atoms with E-state index in [1.54, 1.807) is 30.1 Å². The molecule has 0 atom stereocenters. The Labute approximate surface area is 111 Å². The van der Waals surface area contributed by atoms with Gasteiger partial charge in [-0.15, -0.1) is 0 Å². The lowest BCUT2D eigenvalue weighted by molar-refractivity contribution is -0.118. The fraction of sp³-hybridized carbons (Fsp3) is 0.429. The molecule has 2 rings (SSSR count). The molecule has 1 amide bonds. The molecule has 5 heteroatoms. The van der Waals surface area contributed by atoms with Crippen LogP contribution >= 0.6 is 0 Å². The number of esters is 1. The van der Waals surface area contributed by atoms with Crippen molar-refractivity contribution < 1.29 is 19.4 Å². The molecule has 0 unspecified atom stereocenters. The fourth-order valence-corrected chi connectivity index (χ4v) is 2.10. The lowest BCUT2D eigenvalue weighted by Gasteiger charge is -2.25. The number of amides is 1. The first kappa shape index (κ1) is 13.5. The van der Waals surface area contributed by atoms with Crippen molar-refractivity contribution >= 4 is 17.6 Å². The Balaban J connectivity index is 2.13. The highest BCUT2D eigenvalue weighted by atomic mass is 16.5. The lowest BCUT2D eigenvalue weighted by Crippen LogP contribution is -2.31. The molecule has 0 spiro atoms. The third-order valence-electron chi connectivity index (χ3n) is 3.19. The Morgan fingerprint density at radius 1 is 1.42 bits per heavy atom. The molecule has 1 aromatic rings. The van der Waals surface area contributed by atoms with Crippen LogP contribution in [0.5, 0.6) is 0 Å². The van der Waals surface area contributed by atoms with Crippen molar-refractivity contribution in [1.82, 2.24) is 0 Å². The molecule has 1 aromatic carbocycles. The van der Waals surface area contributed by atoms with Crippen molar-refractivity contribution in [3.8, 4) is 0 Å². The van der Waals surface area contributed by atoms with Crippen LogP contribution in [0.3, 0.4) is 0 Å². The lowest BCUT2D eigenvalue weighted by atomic mass is 9.99. The molecule has 0 radical (unpaired) electrons. The number of aryl methyl sites for hydroxylation is 1. The number of carbonyl (C=O) groups excluding carboxylic acids is 2. The van der Waals surface area contributed by atoms with Crippen LogP contribution in [0.1, 0.15) is 28.8 Å². The van der Waals surface area contributed by atoms with Crippen LogP contribution in [-0.4, -0.2) is 37.2 Å². The standard InChI is InChI=1S/C14H17NO4/c1-15-12-5-3-11(14(18)19-8-2-7-16)9-10(12)4-6-13(15)17/h3,5,9,16H,2,4,6-8H2,1H3. The SMILES string of the molecule is CN1C(=O)CCc2cc(C(=O)OCCCO)ccc21. The van der Waals surface area contributed by atoms with Gasteiger partial charge in [0, 0.05) is 32.2 Å². The highest BCUT2D eigenvalue weighted by molar-refractivity contribution is 5.97. The zero-order chi connectivity index (χ0) is 13.8. The van der Waals surface area contributed by atoms with Crippen molar-refractivity contribution in [2.45, 2.75) is 19.3 Å². The van der Waals surface area contributed by atoms with E-state index in [-0.39, 0.29) is 19.1 Å². The minimum atomic E-state index is -0.393. The summed E-state index contributed by atoms with van der Waals surface area (Å²) in [6.45, 7) is 0.217. The summed E-state index contributed by atoms with van der Waals surface area (Å²) in [5, 5.41) is 8.63. The Morgan fingerprint density at radius 2 is 2.21 bits per heavy atom. The van der Waals surface area contributed by atoms with Gasteiger partial charge in [-0.25, -0.2) is 4.79 Å². The number of fused-ring (bicyclic) bond motifs is 1. The summed E-state index contributed by atoms with van der Waals surface area (Å²) in [6, 6.07) is 5.21. The number of carbonyl (C=O) groups is 2. The third kappa shape index (κ3) is 2.93. The maximum Gasteiger partial charge on any atom is 0.338 e. The number of hydrogen-bond acceptors (Lipinski definition) is 4. The maximum absolute atomic E-state index is 11.8. The van der Waals surface area contributed by atoms with Crippen LogP contribution in [0, 0.1) is 0 Å². The summed E-state index contributed by atoms with van der Waals surface area (Å²) in [5.41, 5.74) is 2.32. The number of rotatable bonds is 4. The van der Waals surface area contributed by atoms with Gasteiger partial charge in [0.25, 0.3) is 0 Å². The van der Waals surface area contributed by atoms with Gasteiger partial charge in [0.05, 0.1) is 12.2 Å². The smallest absolute Gasteiger partial charge is 0.338 e. The Morgan fingerprint density at radius 3 is 2.95 bits per heavy atom. The van der Waals surface area contributed by atoms with Crippen molar-refractivity contribution in [2.24, 2.45) is 0 Å². The number of anilines is 1. The van der Waals surface area contributed by atoms with Gasteiger partial charge in [-0.2, -0.15) is 0 Å². The maximum atomic E-state index is 11.8. The largest absolute Gasteiger partial charge is 0.462 e. The van der Waals surface area contributed by atoms with Gasteiger partial charge >= 0.3 is 5.97 Å². The van der Waals surface area contributed by atoms with Gasteiger partial charge in [-0.1, -0.05) is 0 Å². The molecule has 19 heavy (non-hydrogen) atoms. The van der Waals surface area contributed by atoms with E-state index in [0.29, 0.717) is 24.8 Å². The van der Waals surface area contributed by atoms with Gasteiger partial charge in [0.15, 0.2) is 0 Å². The quantitative estimate of drug-likeness (QED) is 0.653. The third-order valence-corrected chi connectivity index (χ3v) is 3.19.